The van der Waals surface area contributed by atoms with E-state index in [-0.39, 0.29) is 38.3 Å². The predicted molar refractivity (Wildman–Crippen MR) is 233 cm³/mol. The molecule has 0 aromatic carbocycles. The molecule has 324 valence electrons. The summed E-state index contributed by atoms with van der Waals surface area (Å²) >= 11 is 0. The van der Waals surface area contributed by atoms with Crippen molar-refractivity contribution in [3.05, 3.63) is 85.1 Å². The number of phosphoric acid groups is 1. The van der Waals surface area contributed by atoms with Crippen molar-refractivity contribution >= 4 is 19.8 Å². The number of hydrogen-bond acceptors (Lipinski definition) is 8. The zero-order valence-corrected chi connectivity index (χ0v) is 36.9. The average Bonchev–Trinajstić information content (AvgIpc) is 3.92. The van der Waals surface area contributed by atoms with E-state index in [1.807, 2.05) is 21.1 Å². The number of esters is 2. The van der Waals surface area contributed by atoms with Crippen molar-refractivity contribution in [2.75, 3.05) is 47.5 Å². The van der Waals surface area contributed by atoms with E-state index in [1.54, 1.807) is 0 Å². The molecule has 11 heteroatoms. The summed E-state index contributed by atoms with van der Waals surface area (Å²) in [6.07, 6.45) is 45.3. The molecular formula is C46H77NO9P+. The number of ether oxygens (including phenoxy) is 3. The highest BCUT2D eigenvalue weighted by molar-refractivity contribution is 7.47. The van der Waals surface area contributed by atoms with Gasteiger partial charge in [0, 0.05) is 12.8 Å². The van der Waals surface area contributed by atoms with E-state index in [0.29, 0.717) is 23.9 Å². The average molecular weight is 819 g/mol. The fourth-order valence-corrected chi connectivity index (χ4v) is 6.07. The Kier molecular flexibility index (Phi) is 31.2. The summed E-state index contributed by atoms with van der Waals surface area (Å²) in [5.41, 5.74) is 0. The maximum Gasteiger partial charge on any atom is 0.472 e. The molecule has 0 aliphatic carbocycles. The van der Waals surface area contributed by atoms with Gasteiger partial charge in [0.15, 0.2) is 6.10 Å². The van der Waals surface area contributed by atoms with Crippen LogP contribution in [0.25, 0.3) is 0 Å². The lowest BCUT2D eigenvalue weighted by molar-refractivity contribution is -0.870. The molecule has 1 rings (SSSR count). The topological polar surface area (TPSA) is 121 Å². The van der Waals surface area contributed by atoms with Gasteiger partial charge in [0.1, 0.15) is 19.8 Å². The number of nitrogens with zero attached hydrogens (tertiary/aromatic N) is 1. The molecule has 4 atom stereocenters. The van der Waals surface area contributed by atoms with Crippen LogP contribution < -0.4 is 0 Å². The van der Waals surface area contributed by atoms with Gasteiger partial charge in [-0.2, -0.15) is 0 Å². The van der Waals surface area contributed by atoms with Crippen molar-refractivity contribution in [1.82, 2.24) is 0 Å². The van der Waals surface area contributed by atoms with Crippen LogP contribution >= 0.6 is 7.82 Å². The van der Waals surface area contributed by atoms with Crippen LogP contribution in [0.4, 0.5) is 0 Å². The van der Waals surface area contributed by atoms with Crippen LogP contribution in [0.15, 0.2) is 85.1 Å². The van der Waals surface area contributed by atoms with Crippen molar-refractivity contribution in [1.29, 1.82) is 0 Å². The molecule has 0 bridgehead atoms. The molecule has 1 N–H and O–H groups in total. The van der Waals surface area contributed by atoms with Crippen LogP contribution in [0.5, 0.6) is 0 Å². The van der Waals surface area contributed by atoms with Gasteiger partial charge in [0.25, 0.3) is 0 Å². The number of carbonyl (C=O) groups excluding carboxylic acids is 2. The van der Waals surface area contributed by atoms with E-state index >= 15 is 0 Å². The van der Waals surface area contributed by atoms with Crippen molar-refractivity contribution < 1.29 is 46.8 Å². The van der Waals surface area contributed by atoms with Crippen LogP contribution in [0.1, 0.15) is 129 Å². The second-order valence-corrected chi connectivity index (χ2v) is 16.8. The maximum absolute atomic E-state index is 12.7. The molecule has 1 aliphatic rings. The van der Waals surface area contributed by atoms with Gasteiger partial charge in [-0.05, 0) is 89.9 Å². The number of phosphoric ester groups is 1. The molecule has 3 unspecified atom stereocenters. The van der Waals surface area contributed by atoms with Crippen LogP contribution in [-0.4, -0.2) is 87.1 Å². The Morgan fingerprint density at radius 1 is 0.649 bits per heavy atom. The minimum Gasteiger partial charge on any atom is -0.462 e. The first-order chi connectivity index (χ1) is 27.5. The number of hydrogen-bond donors (Lipinski definition) is 1. The van der Waals surface area contributed by atoms with Crippen LogP contribution in [-0.2, 0) is 37.4 Å². The summed E-state index contributed by atoms with van der Waals surface area (Å²) in [4.78, 5) is 35.4. The SMILES string of the molecule is CC/C=C\C/C=C\C/C=C\C/C=C\CCCCC(=O)O[C@H](COC(=O)CCC/C=C\CC1OC1C/C=C\C/C=C\CCCCC)COP(=O)(O)OCC[N+](C)(C)C. The van der Waals surface area contributed by atoms with E-state index in [2.05, 4.69) is 98.9 Å². The Labute approximate surface area is 346 Å². The van der Waals surface area contributed by atoms with Crippen molar-refractivity contribution in [3.8, 4) is 0 Å². The summed E-state index contributed by atoms with van der Waals surface area (Å²) < 4.78 is 39.9. The van der Waals surface area contributed by atoms with E-state index in [0.717, 1.165) is 70.6 Å². The molecule has 0 spiro atoms. The van der Waals surface area contributed by atoms with Crippen LogP contribution in [0, 0.1) is 0 Å². The Morgan fingerprint density at radius 3 is 1.75 bits per heavy atom. The smallest absolute Gasteiger partial charge is 0.462 e. The van der Waals surface area contributed by atoms with Gasteiger partial charge in [0.2, 0.25) is 0 Å². The Morgan fingerprint density at radius 2 is 1.16 bits per heavy atom. The van der Waals surface area contributed by atoms with Gasteiger partial charge in [-0.25, -0.2) is 4.57 Å². The molecule has 1 aliphatic heterocycles. The first kappa shape index (κ1) is 52.2. The third-order valence-electron chi connectivity index (χ3n) is 8.81. The Hall–Kier alpha value is -2.85. The van der Waals surface area contributed by atoms with Gasteiger partial charge in [-0.1, -0.05) is 112 Å². The highest BCUT2D eigenvalue weighted by atomic mass is 31.2. The number of rotatable bonds is 36. The van der Waals surface area contributed by atoms with E-state index in [9.17, 15) is 19.0 Å². The summed E-state index contributed by atoms with van der Waals surface area (Å²) in [6.45, 7) is 4.12. The maximum atomic E-state index is 12.7. The lowest BCUT2D eigenvalue weighted by Crippen LogP contribution is -2.37. The summed E-state index contributed by atoms with van der Waals surface area (Å²) in [5, 5.41) is 0. The van der Waals surface area contributed by atoms with Crippen molar-refractivity contribution in [2.45, 2.75) is 148 Å². The van der Waals surface area contributed by atoms with Crippen molar-refractivity contribution in [3.63, 3.8) is 0 Å². The van der Waals surface area contributed by atoms with E-state index in [4.69, 9.17) is 23.3 Å². The van der Waals surface area contributed by atoms with Gasteiger partial charge < -0.3 is 23.6 Å². The fourth-order valence-electron chi connectivity index (χ4n) is 5.33. The number of allylic oxidation sites excluding steroid dienone is 12. The fraction of sp³-hybridized carbons (Fsp3) is 0.652. The van der Waals surface area contributed by atoms with Crippen molar-refractivity contribution in [2.24, 2.45) is 0 Å². The van der Waals surface area contributed by atoms with Gasteiger partial charge in [0.05, 0.1) is 40.0 Å². The Bertz CT molecular complexity index is 1310. The Balaban J connectivity index is 2.38. The van der Waals surface area contributed by atoms with Gasteiger partial charge >= 0.3 is 19.8 Å². The van der Waals surface area contributed by atoms with E-state index < -0.39 is 32.5 Å². The zero-order chi connectivity index (χ0) is 41.9. The largest absolute Gasteiger partial charge is 0.472 e. The third kappa shape index (κ3) is 34.9. The minimum atomic E-state index is -4.41. The van der Waals surface area contributed by atoms with Crippen LogP contribution in [0.3, 0.4) is 0 Å². The highest BCUT2D eigenvalue weighted by Gasteiger charge is 2.36. The molecule has 1 heterocycles. The molecule has 1 saturated heterocycles. The number of carbonyl (C=O) groups is 2. The zero-order valence-electron chi connectivity index (χ0n) is 36.0. The normalized spacial score (nSPS) is 18.0. The standard InChI is InChI=1S/C46H76NO9P/c1-6-8-10-12-14-16-17-18-19-20-21-23-25-27-33-37-46(49)55-42(41-54-57(50,51)53-39-38-47(3,4)5)40-52-45(48)36-32-29-28-31-35-44-43(56-44)34-30-26-24-22-15-13-11-9-7-2/h8,10,14-16,18-19,21-23,26,28,30-31,42-44H,6-7,9,11-13,17,20,24-25,27,29,32-41H2,1-5H3/p+1/b10-8-,16-14-,19-18-,22-15-,23-21-,30-26-,31-28-/t42-,43?,44?/m1/s1. The first-order valence-electron chi connectivity index (χ1n) is 21.4. The summed E-state index contributed by atoms with van der Waals surface area (Å²) in [7, 11) is 1.39. The summed E-state index contributed by atoms with van der Waals surface area (Å²) in [6, 6.07) is 0. The molecule has 0 saturated carbocycles. The number of quaternary nitrogens is 1. The second kappa shape index (κ2) is 34.1. The molecule has 0 aromatic heterocycles. The highest BCUT2D eigenvalue weighted by Crippen LogP contribution is 2.43. The predicted octanol–water partition coefficient (Wildman–Crippen LogP) is 11.0. The van der Waals surface area contributed by atoms with Gasteiger partial charge in [-0.3, -0.25) is 18.6 Å². The minimum absolute atomic E-state index is 0.00735. The number of unbranched alkanes of at least 4 members (excludes halogenated alkanes) is 6. The number of epoxide rings is 1. The lowest BCUT2D eigenvalue weighted by atomic mass is 10.1. The second-order valence-electron chi connectivity index (χ2n) is 15.4. The first-order valence-corrected chi connectivity index (χ1v) is 22.9. The molecule has 10 nitrogen and oxygen atoms in total. The van der Waals surface area contributed by atoms with Gasteiger partial charge in [-0.15, -0.1) is 0 Å². The third-order valence-corrected chi connectivity index (χ3v) is 9.80. The lowest BCUT2D eigenvalue weighted by Gasteiger charge is -2.24. The monoisotopic (exact) mass is 819 g/mol. The quantitative estimate of drug-likeness (QED) is 0.0164. The summed E-state index contributed by atoms with van der Waals surface area (Å²) in [5.74, 6) is -0.932. The van der Waals surface area contributed by atoms with E-state index in [1.165, 1.54) is 19.3 Å². The van der Waals surface area contributed by atoms with Crippen LogP contribution in [0.2, 0.25) is 0 Å². The number of likely N-dealkylation sites (N-methyl/N-ethyl adjacent to an activating group) is 1. The molecular weight excluding hydrogens is 741 g/mol. The molecule has 0 radical (unpaired) electrons. The molecule has 1 fully saturated rings. The molecule has 0 amide bonds. The molecule has 57 heavy (non-hydrogen) atoms. The molecule has 0 aromatic rings.